The molecule has 18 heavy (non-hydrogen) atoms. The molecule has 1 heterocycles. The van der Waals surface area contributed by atoms with Gasteiger partial charge >= 0.3 is 0 Å². The first-order valence-corrected chi connectivity index (χ1v) is 5.68. The van der Waals surface area contributed by atoms with E-state index in [4.69, 9.17) is 0 Å². The lowest BCUT2D eigenvalue weighted by molar-refractivity contribution is -0.605. The van der Waals surface area contributed by atoms with E-state index in [1.165, 1.54) is 12.4 Å². The molecule has 92 valence electrons. The van der Waals surface area contributed by atoms with Crippen molar-refractivity contribution in [2.24, 2.45) is 0 Å². The number of aromatic nitrogens is 1. The Morgan fingerprint density at radius 1 is 1.17 bits per heavy atom. The van der Waals surface area contributed by atoms with Gasteiger partial charge in [-0.2, -0.15) is 4.73 Å². The molecular weight excluding hydrogens is 228 g/mol. The van der Waals surface area contributed by atoms with Gasteiger partial charge in [-0.15, -0.1) is 0 Å². The van der Waals surface area contributed by atoms with E-state index >= 15 is 0 Å². The second kappa shape index (κ2) is 5.31. The summed E-state index contributed by atoms with van der Waals surface area (Å²) in [4.78, 5) is 11.8. The van der Waals surface area contributed by atoms with Crippen molar-refractivity contribution >= 4 is 5.91 Å². The highest BCUT2D eigenvalue weighted by Gasteiger charge is 2.04. The summed E-state index contributed by atoms with van der Waals surface area (Å²) < 4.78 is 0.714. The molecule has 0 atom stereocenters. The van der Waals surface area contributed by atoms with Gasteiger partial charge in [0.2, 0.25) is 0 Å². The number of rotatable bonds is 3. The number of pyridine rings is 1. The number of aryl methyl sites for hydroxylation is 1. The van der Waals surface area contributed by atoms with Crippen molar-refractivity contribution in [3.63, 3.8) is 0 Å². The summed E-state index contributed by atoms with van der Waals surface area (Å²) in [5.41, 5.74) is 2.65. The molecule has 0 fully saturated rings. The Morgan fingerprint density at radius 2 is 1.78 bits per heavy atom. The molecule has 0 unspecified atom stereocenters. The molecule has 0 spiro atoms. The first-order chi connectivity index (χ1) is 8.65. The van der Waals surface area contributed by atoms with Crippen LogP contribution in [0.5, 0.6) is 0 Å². The van der Waals surface area contributed by atoms with Crippen molar-refractivity contribution in [1.29, 1.82) is 0 Å². The molecule has 4 heteroatoms. The molecule has 0 aliphatic rings. The number of carbonyl (C=O) groups excluding carboxylic acids is 1. The molecule has 0 aliphatic heterocycles. The first kappa shape index (κ1) is 12.1. The van der Waals surface area contributed by atoms with Crippen LogP contribution in [0, 0.1) is 12.1 Å². The van der Waals surface area contributed by atoms with Crippen molar-refractivity contribution < 1.29 is 9.52 Å². The molecule has 0 radical (unpaired) electrons. The average Bonchev–Trinajstić information content (AvgIpc) is 2.38. The van der Waals surface area contributed by atoms with E-state index in [0.717, 1.165) is 11.1 Å². The Morgan fingerprint density at radius 3 is 2.39 bits per heavy atom. The van der Waals surface area contributed by atoms with Crippen LogP contribution in [0.15, 0.2) is 48.8 Å². The van der Waals surface area contributed by atoms with Crippen LogP contribution < -0.4 is 10.0 Å². The zero-order chi connectivity index (χ0) is 13.0. The number of benzene rings is 1. The first-order valence-electron chi connectivity index (χ1n) is 5.68. The third-order valence-corrected chi connectivity index (χ3v) is 2.64. The standard InChI is InChI=1S/C14H14N2O2/c1-11-2-4-13(5-3-11)14(17)15-10-12-6-8-16(18)9-7-12/h2-9H,10H2,1H3,(H,15,17). The summed E-state index contributed by atoms with van der Waals surface area (Å²) in [7, 11) is 0. The third-order valence-electron chi connectivity index (χ3n) is 2.64. The molecule has 0 saturated heterocycles. The van der Waals surface area contributed by atoms with E-state index in [1.807, 2.05) is 19.1 Å². The van der Waals surface area contributed by atoms with Gasteiger partial charge in [-0.25, -0.2) is 0 Å². The lowest BCUT2D eigenvalue weighted by atomic mass is 10.1. The van der Waals surface area contributed by atoms with Crippen LogP contribution in [0.3, 0.4) is 0 Å². The summed E-state index contributed by atoms with van der Waals surface area (Å²) in [5, 5.41) is 13.6. The van der Waals surface area contributed by atoms with Gasteiger partial charge in [0.15, 0.2) is 12.4 Å². The monoisotopic (exact) mass is 242 g/mol. The summed E-state index contributed by atoms with van der Waals surface area (Å²) in [6, 6.07) is 10.8. The molecule has 4 nitrogen and oxygen atoms in total. The molecule has 1 aromatic carbocycles. The summed E-state index contributed by atoms with van der Waals surface area (Å²) in [6.07, 6.45) is 2.82. The molecule has 1 N–H and O–H groups in total. The van der Waals surface area contributed by atoms with Crippen molar-refractivity contribution in [2.75, 3.05) is 0 Å². The summed E-state index contributed by atoms with van der Waals surface area (Å²) in [5.74, 6) is -0.117. The number of nitrogens with zero attached hydrogens (tertiary/aromatic N) is 1. The Kier molecular flexibility index (Phi) is 3.57. The minimum Gasteiger partial charge on any atom is -0.619 e. The van der Waals surface area contributed by atoms with Crippen LogP contribution in [0.1, 0.15) is 21.5 Å². The molecule has 1 aromatic heterocycles. The van der Waals surface area contributed by atoms with Gasteiger partial charge in [0.05, 0.1) is 0 Å². The minimum atomic E-state index is -0.117. The largest absolute Gasteiger partial charge is 0.619 e. The molecule has 0 saturated carbocycles. The summed E-state index contributed by atoms with van der Waals surface area (Å²) in [6.45, 7) is 2.39. The molecular formula is C14H14N2O2. The Balaban J connectivity index is 1.96. The van der Waals surface area contributed by atoms with Gasteiger partial charge in [0.25, 0.3) is 5.91 Å². The van der Waals surface area contributed by atoms with Crippen molar-refractivity contribution in [3.05, 3.63) is 70.7 Å². The third kappa shape index (κ3) is 3.07. The quantitative estimate of drug-likeness (QED) is 0.656. The van der Waals surface area contributed by atoms with E-state index in [2.05, 4.69) is 5.32 Å². The Hall–Kier alpha value is -2.36. The second-order valence-electron chi connectivity index (χ2n) is 4.11. The highest BCUT2D eigenvalue weighted by atomic mass is 16.5. The van der Waals surface area contributed by atoms with Gasteiger partial charge in [-0.3, -0.25) is 4.79 Å². The number of hydrogen-bond acceptors (Lipinski definition) is 2. The van der Waals surface area contributed by atoms with E-state index < -0.39 is 0 Å². The molecule has 2 aromatic rings. The van der Waals surface area contributed by atoms with Crippen LogP contribution in [-0.4, -0.2) is 5.91 Å². The predicted octanol–water partition coefficient (Wildman–Crippen LogP) is 1.56. The smallest absolute Gasteiger partial charge is 0.251 e. The molecule has 0 bridgehead atoms. The highest BCUT2D eigenvalue weighted by molar-refractivity contribution is 5.94. The fourth-order valence-corrected chi connectivity index (χ4v) is 1.55. The van der Waals surface area contributed by atoms with Crippen LogP contribution >= 0.6 is 0 Å². The van der Waals surface area contributed by atoms with Crippen LogP contribution in [0.4, 0.5) is 0 Å². The number of hydrogen-bond donors (Lipinski definition) is 1. The van der Waals surface area contributed by atoms with Gasteiger partial charge < -0.3 is 10.5 Å². The topological polar surface area (TPSA) is 56.0 Å². The average molecular weight is 242 g/mol. The van der Waals surface area contributed by atoms with Crippen LogP contribution in [0.25, 0.3) is 0 Å². The zero-order valence-corrected chi connectivity index (χ0v) is 10.1. The maximum absolute atomic E-state index is 11.8. The van der Waals surface area contributed by atoms with Crippen molar-refractivity contribution in [1.82, 2.24) is 5.32 Å². The molecule has 0 aliphatic carbocycles. The van der Waals surface area contributed by atoms with E-state index in [1.54, 1.807) is 24.3 Å². The number of nitrogens with one attached hydrogen (secondary N) is 1. The van der Waals surface area contributed by atoms with Gasteiger partial charge in [0.1, 0.15) is 0 Å². The maximum atomic E-state index is 11.8. The van der Waals surface area contributed by atoms with Gasteiger partial charge in [-0.1, -0.05) is 17.7 Å². The Bertz CT molecular complexity index is 533. The zero-order valence-electron chi connectivity index (χ0n) is 10.1. The van der Waals surface area contributed by atoms with E-state index in [9.17, 15) is 10.0 Å². The SMILES string of the molecule is Cc1ccc(C(=O)NCc2cc[n+]([O-])cc2)cc1. The summed E-state index contributed by atoms with van der Waals surface area (Å²) >= 11 is 0. The lowest BCUT2D eigenvalue weighted by Crippen LogP contribution is -2.26. The van der Waals surface area contributed by atoms with Gasteiger partial charge in [-0.05, 0) is 24.6 Å². The normalized spacial score (nSPS) is 10.1. The van der Waals surface area contributed by atoms with Gasteiger partial charge in [0, 0.05) is 24.2 Å². The lowest BCUT2D eigenvalue weighted by Gasteiger charge is -2.05. The second-order valence-corrected chi connectivity index (χ2v) is 4.11. The minimum absolute atomic E-state index is 0.117. The molecule has 2 rings (SSSR count). The number of amides is 1. The van der Waals surface area contributed by atoms with E-state index in [-0.39, 0.29) is 5.91 Å². The highest BCUT2D eigenvalue weighted by Crippen LogP contribution is 2.03. The van der Waals surface area contributed by atoms with Crippen LogP contribution in [0.2, 0.25) is 0 Å². The molecule has 1 amide bonds. The fourth-order valence-electron chi connectivity index (χ4n) is 1.55. The predicted molar refractivity (Wildman–Crippen MR) is 67.8 cm³/mol. The van der Waals surface area contributed by atoms with Crippen molar-refractivity contribution in [2.45, 2.75) is 13.5 Å². The van der Waals surface area contributed by atoms with Crippen molar-refractivity contribution in [3.8, 4) is 0 Å². The number of carbonyl (C=O) groups is 1. The van der Waals surface area contributed by atoms with E-state index in [0.29, 0.717) is 16.8 Å². The van der Waals surface area contributed by atoms with Crippen LogP contribution in [-0.2, 0) is 6.54 Å². The Labute approximate surface area is 105 Å². The fraction of sp³-hybridized carbons (Fsp3) is 0.143. The maximum Gasteiger partial charge on any atom is 0.251 e.